The normalized spacial score (nSPS) is 12.2. The molecule has 0 saturated carbocycles. The summed E-state index contributed by atoms with van der Waals surface area (Å²) in [5.74, 6) is -0.496. The molecule has 166 valence electrons. The molecule has 1 aromatic carbocycles. The Morgan fingerprint density at radius 3 is 2.65 bits per heavy atom. The van der Waals surface area contributed by atoms with Crippen molar-refractivity contribution in [3.8, 4) is 5.88 Å². The molecule has 0 radical (unpaired) electrons. The molecule has 3 rings (SSSR count). The van der Waals surface area contributed by atoms with Gasteiger partial charge in [0.05, 0.1) is 23.6 Å². The third kappa shape index (κ3) is 4.85. The Hall–Kier alpha value is -3.40. The van der Waals surface area contributed by atoms with Gasteiger partial charge in [-0.1, -0.05) is 13.8 Å². The zero-order valence-corrected chi connectivity index (χ0v) is 18.1. The fraction of sp³-hybridized carbons (Fsp3) is 0.381. The highest BCUT2D eigenvalue weighted by atomic mass is 19.1. The lowest BCUT2D eigenvalue weighted by atomic mass is 10.0. The summed E-state index contributed by atoms with van der Waals surface area (Å²) in [6.07, 6.45) is 0.745. The molecule has 31 heavy (non-hydrogen) atoms. The lowest BCUT2D eigenvalue weighted by Gasteiger charge is -2.21. The molecule has 6 N–H and O–H groups in total. The van der Waals surface area contributed by atoms with Gasteiger partial charge < -0.3 is 26.8 Å². The van der Waals surface area contributed by atoms with Crippen LogP contribution in [-0.2, 0) is 7.05 Å². The number of nitrogens with one attached hydrogen (secondary N) is 2. The predicted molar refractivity (Wildman–Crippen MR) is 119 cm³/mol. The second-order valence-corrected chi connectivity index (χ2v) is 7.78. The molecule has 0 aliphatic rings. The van der Waals surface area contributed by atoms with E-state index in [1.54, 1.807) is 10.7 Å². The highest BCUT2D eigenvalue weighted by Crippen LogP contribution is 2.30. The van der Waals surface area contributed by atoms with E-state index in [0.29, 0.717) is 24.0 Å². The van der Waals surface area contributed by atoms with Gasteiger partial charge in [0.1, 0.15) is 5.82 Å². The van der Waals surface area contributed by atoms with Crippen LogP contribution < -0.4 is 26.8 Å². The van der Waals surface area contributed by atoms with E-state index in [9.17, 15) is 9.18 Å². The number of aryl methyl sites for hydroxylation is 1. The summed E-state index contributed by atoms with van der Waals surface area (Å²) in [5, 5.41) is 11.2. The van der Waals surface area contributed by atoms with Crippen LogP contribution >= 0.6 is 0 Å². The maximum Gasteiger partial charge on any atom is 0.252 e. The molecular weight excluding hydrogens is 401 g/mol. The standard InChI is InChI=1S/C21H28FN7O2/c1-11(2)7-13(10-23)26-20-16(22)9-15(18(24)30)19(27-20)25-12-5-6-17-14(8-12)21(31-4)28-29(17)3/h5-6,8-9,11,13H,7,10,23H2,1-4H3,(H2,24,30)(H2,25,26,27). The largest absolute Gasteiger partial charge is 0.479 e. The molecule has 0 fully saturated rings. The molecule has 9 nitrogen and oxygen atoms in total. The number of anilines is 3. The van der Waals surface area contributed by atoms with Gasteiger partial charge in [-0.3, -0.25) is 9.48 Å². The van der Waals surface area contributed by atoms with Gasteiger partial charge in [-0.25, -0.2) is 9.37 Å². The van der Waals surface area contributed by atoms with Gasteiger partial charge in [-0.15, -0.1) is 5.10 Å². The van der Waals surface area contributed by atoms with E-state index >= 15 is 0 Å². The van der Waals surface area contributed by atoms with Gasteiger partial charge in [0.25, 0.3) is 5.91 Å². The van der Waals surface area contributed by atoms with Crippen molar-refractivity contribution in [1.82, 2.24) is 14.8 Å². The van der Waals surface area contributed by atoms with Crippen LogP contribution in [0.1, 0.15) is 30.6 Å². The number of nitrogens with zero attached hydrogens (tertiary/aromatic N) is 3. The molecule has 1 amide bonds. The summed E-state index contributed by atoms with van der Waals surface area (Å²) in [6, 6.07) is 6.38. The number of hydrogen-bond donors (Lipinski definition) is 4. The molecule has 0 aliphatic heterocycles. The molecule has 0 bridgehead atoms. The van der Waals surface area contributed by atoms with E-state index in [0.717, 1.165) is 23.4 Å². The SMILES string of the molecule is COc1nn(C)c2ccc(Nc3nc(NC(CN)CC(C)C)c(F)cc3C(N)=O)cc12. The first kappa shape index (κ1) is 22.3. The first-order valence-electron chi connectivity index (χ1n) is 9.98. The summed E-state index contributed by atoms with van der Waals surface area (Å²) >= 11 is 0. The van der Waals surface area contributed by atoms with E-state index in [1.807, 2.05) is 19.2 Å². The Kier molecular flexibility index (Phi) is 6.59. The zero-order chi connectivity index (χ0) is 22.7. The highest BCUT2D eigenvalue weighted by molar-refractivity contribution is 5.99. The first-order chi connectivity index (χ1) is 14.7. The second kappa shape index (κ2) is 9.17. The minimum atomic E-state index is -0.793. The third-order valence-corrected chi connectivity index (χ3v) is 4.90. The van der Waals surface area contributed by atoms with Crippen molar-refractivity contribution in [2.24, 2.45) is 24.4 Å². The van der Waals surface area contributed by atoms with Crippen LogP contribution in [0.3, 0.4) is 0 Å². The van der Waals surface area contributed by atoms with E-state index in [-0.39, 0.29) is 23.2 Å². The summed E-state index contributed by atoms with van der Waals surface area (Å²) in [5.41, 5.74) is 12.7. The molecule has 10 heteroatoms. The molecule has 0 spiro atoms. The summed E-state index contributed by atoms with van der Waals surface area (Å²) < 4.78 is 21.7. The average molecular weight is 430 g/mol. The summed E-state index contributed by atoms with van der Waals surface area (Å²) in [7, 11) is 3.35. The number of halogens is 1. The molecule has 2 heterocycles. The molecule has 1 unspecified atom stereocenters. The molecule has 0 saturated heterocycles. The van der Waals surface area contributed by atoms with Gasteiger partial charge in [0.2, 0.25) is 5.88 Å². The topological polar surface area (TPSA) is 133 Å². The number of fused-ring (bicyclic) bond motifs is 1. The van der Waals surface area contributed by atoms with Crippen molar-refractivity contribution in [3.63, 3.8) is 0 Å². The van der Waals surface area contributed by atoms with Crippen LogP contribution in [0.15, 0.2) is 24.3 Å². The van der Waals surface area contributed by atoms with Crippen LogP contribution in [0, 0.1) is 11.7 Å². The minimum Gasteiger partial charge on any atom is -0.479 e. The molecule has 1 atom stereocenters. The smallest absolute Gasteiger partial charge is 0.252 e. The Balaban J connectivity index is 1.99. The number of methoxy groups -OCH3 is 1. The van der Waals surface area contributed by atoms with Crippen molar-refractivity contribution >= 4 is 34.1 Å². The van der Waals surface area contributed by atoms with Crippen molar-refractivity contribution in [1.29, 1.82) is 0 Å². The lowest BCUT2D eigenvalue weighted by molar-refractivity contribution is 0.100. The van der Waals surface area contributed by atoms with Crippen LogP contribution in [0.25, 0.3) is 10.9 Å². The van der Waals surface area contributed by atoms with Gasteiger partial charge in [0, 0.05) is 25.3 Å². The Morgan fingerprint density at radius 1 is 1.29 bits per heavy atom. The van der Waals surface area contributed by atoms with E-state index < -0.39 is 11.7 Å². The molecule has 3 aromatic rings. The van der Waals surface area contributed by atoms with Crippen molar-refractivity contribution in [3.05, 3.63) is 35.6 Å². The Morgan fingerprint density at radius 2 is 2.03 bits per heavy atom. The fourth-order valence-electron chi connectivity index (χ4n) is 3.45. The highest BCUT2D eigenvalue weighted by Gasteiger charge is 2.19. The van der Waals surface area contributed by atoms with Gasteiger partial charge in [-0.2, -0.15) is 0 Å². The van der Waals surface area contributed by atoms with Gasteiger partial charge in [0.15, 0.2) is 11.6 Å². The maximum atomic E-state index is 14.6. The van der Waals surface area contributed by atoms with E-state index in [4.69, 9.17) is 16.2 Å². The van der Waals surface area contributed by atoms with Crippen LogP contribution in [-0.4, -0.2) is 40.4 Å². The second-order valence-electron chi connectivity index (χ2n) is 7.78. The van der Waals surface area contributed by atoms with E-state index in [1.165, 1.54) is 7.11 Å². The summed E-state index contributed by atoms with van der Waals surface area (Å²) in [4.78, 5) is 16.2. The third-order valence-electron chi connectivity index (χ3n) is 4.90. The number of ether oxygens (including phenoxy) is 1. The predicted octanol–water partition coefficient (Wildman–Crippen LogP) is 2.74. The number of pyridine rings is 1. The monoisotopic (exact) mass is 429 g/mol. The van der Waals surface area contributed by atoms with Crippen LogP contribution in [0.2, 0.25) is 0 Å². The summed E-state index contributed by atoms with van der Waals surface area (Å²) in [6.45, 7) is 4.43. The number of hydrogen-bond acceptors (Lipinski definition) is 7. The molecule has 0 aliphatic carbocycles. The van der Waals surface area contributed by atoms with Crippen molar-refractivity contribution < 1.29 is 13.9 Å². The fourth-order valence-corrected chi connectivity index (χ4v) is 3.45. The first-order valence-corrected chi connectivity index (χ1v) is 9.98. The lowest BCUT2D eigenvalue weighted by Crippen LogP contribution is -2.31. The number of amides is 1. The van der Waals surface area contributed by atoms with Gasteiger partial charge in [-0.05, 0) is 36.6 Å². The van der Waals surface area contributed by atoms with Crippen LogP contribution in [0.4, 0.5) is 21.7 Å². The number of nitrogens with two attached hydrogens (primary N) is 2. The van der Waals surface area contributed by atoms with Crippen molar-refractivity contribution in [2.45, 2.75) is 26.3 Å². The minimum absolute atomic E-state index is 0.00337. The number of carbonyl (C=O) groups is 1. The molecular formula is C21H28FN7O2. The van der Waals surface area contributed by atoms with Crippen LogP contribution in [0.5, 0.6) is 5.88 Å². The van der Waals surface area contributed by atoms with Crippen molar-refractivity contribution in [2.75, 3.05) is 24.3 Å². The van der Waals surface area contributed by atoms with Gasteiger partial charge >= 0.3 is 0 Å². The quantitative estimate of drug-likeness (QED) is 0.411. The Labute approximate surface area is 180 Å². The number of benzene rings is 1. The van der Waals surface area contributed by atoms with E-state index in [2.05, 4.69) is 34.6 Å². The number of aromatic nitrogens is 3. The number of carbonyl (C=O) groups excluding carboxylic acids is 1. The average Bonchev–Trinajstić information content (AvgIpc) is 3.04. The number of primary amides is 1. The molecule has 2 aromatic heterocycles. The number of rotatable bonds is 9. The zero-order valence-electron chi connectivity index (χ0n) is 18.1. The maximum absolute atomic E-state index is 14.6. The Bertz CT molecular complexity index is 1100.